The van der Waals surface area contributed by atoms with E-state index in [1.165, 1.54) is 30.4 Å². The number of nitro benzene ring substituents is 1. The zero-order chi connectivity index (χ0) is 20.1. The average Bonchev–Trinajstić information content (AvgIpc) is 3.10. The van der Waals surface area contributed by atoms with Crippen LogP contribution in [0.15, 0.2) is 67.0 Å². The zero-order valence-corrected chi connectivity index (χ0v) is 14.9. The van der Waals surface area contributed by atoms with Gasteiger partial charge in [0, 0.05) is 31.6 Å². The molecule has 2 aromatic carbocycles. The maximum Gasteiger partial charge on any atom is 0.276 e. The van der Waals surface area contributed by atoms with Gasteiger partial charge in [-0.2, -0.15) is 0 Å². The summed E-state index contributed by atoms with van der Waals surface area (Å²) >= 11 is 0. The molecule has 1 atom stereocenters. The highest BCUT2D eigenvalue weighted by Crippen LogP contribution is 2.22. The molecule has 1 N–H and O–H groups in total. The first-order chi connectivity index (χ1) is 13.5. The summed E-state index contributed by atoms with van der Waals surface area (Å²) in [6.07, 6.45) is 5.88. The van der Waals surface area contributed by atoms with Crippen molar-refractivity contribution in [3.63, 3.8) is 0 Å². The number of aryl methyl sites for hydroxylation is 1. The van der Waals surface area contributed by atoms with Gasteiger partial charge >= 0.3 is 0 Å². The second-order valence-corrected chi connectivity index (χ2v) is 6.04. The van der Waals surface area contributed by atoms with Gasteiger partial charge in [0.2, 0.25) is 5.91 Å². The lowest BCUT2D eigenvalue weighted by Gasteiger charge is -2.18. The van der Waals surface area contributed by atoms with Crippen molar-refractivity contribution in [2.45, 2.75) is 6.04 Å². The van der Waals surface area contributed by atoms with Crippen molar-refractivity contribution in [2.24, 2.45) is 7.05 Å². The van der Waals surface area contributed by atoms with Gasteiger partial charge in [-0.25, -0.2) is 9.37 Å². The van der Waals surface area contributed by atoms with Crippen LogP contribution in [-0.4, -0.2) is 20.4 Å². The van der Waals surface area contributed by atoms with Crippen molar-refractivity contribution >= 4 is 17.7 Å². The number of aromatic nitrogens is 2. The fraction of sp³-hybridized carbons (Fsp3) is 0.100. The molecule has 142 valence electrons. The summed E-state index contributed by atoms with van der Waals surface area (Å²) in [5.41, 5.74) is 0.737. The molecule has 0 bridgehead atoms. The van der Waals surface area contributed by atoms with Gasteiger partial charge in [-0.05, 0) is 29.8 Å². The number of benzene rings is 2. The molecule has 1 amide bonds. The van der Waals surface area contributed by atoms with Crippen molar-refractivity contribution in [1.29, 1.82) is 0 Å². The zero-order valence-electron chi connectivity index (χ0n) is 14.9. The van der Waals surface area contributed by atoms with Gasteiger partial charge < -0.3 is 9.88 Å². The van der Waals surface area contributed by atoms with Crippen LogP contribution >= 0.6 is 0 Å². The Morgan fingerprint density at radius 3 is 2.75 bits per heavy atom. The Balaban J connectivity index is 1.86. The van der Waals surface area contributed by atoms with Crippen molar-refractivity contribution in [1.82, 2.24) is 14.9 Å². The molecule has 8 heteroatoms. The van der Waals surface area contributed by atoms with Gasteiger partial charge in [-0.15, -0.1) is 0 Å². The number of hydrogen-bond acceptors (Lipinski definition) is 4. The molecule has 0 radical (unpaired) electrons. The summed E-state index contributed by atoms with van der Waals surface area (Å²) < 4.78 is 15.4. The molecule has 3 aromatic rings. The number of carbonyl (C=O) groups is 1. The van der Waals surface area contributed by atoms with Gasteiger partial charge in [0.25, 0.3) is 5.69 Å². The number of halogens is 1. The molecular formula is C20H17FN4O3. The Labute approximate surface area is 160 Å². The lowest BCUT2D eigenvalue weighted by atomic mass is 10.1. The van der Waals surface area contributed by atoms with E-state index in [9.17, 15) is 19.3 Å². The summed E-state index contributed by atoms with van der Waals surface area (Å²) in [5.74, 6) is -0.394. The third-order valence-electron chi connectivity index (χ3n) is 4.13. The van der Waals surface area contributed by atoms with E-state index in [1.807, 2.05) is 0 Å². The number of nitrogens with zero attached hydrogens (tertiary/aromatic N) is 3. The van der Waals surface area contributed by atoms with Crippen molar-refractivity contribution in [3.05, 3.63) is 99.9 Å². The molecule has 0 saturated carbocycles. The molecule has 0 fully saturated rings. The smallest absolute Gasteiger partial charge is 0.276 e. The molecule has 0 saturated heterocycles. The number of para-hydroxylation sites is 1. The summed E-state index contributed by atoms with van der Waals surface area (Å²) in [4.78, 5) is 27.3. The van der Waals surface area contributed by atoms with Crippen LogP contribution in [0.4, 0.5) is 10.1 Å². The van der Waals surface area contributed by atoms with Crippen LogP contribution < -0.4 is 5.32 Å². The van der Waals surface area contributed by atoms with E-state index in [1.54, 1.807) is 54.3 Å². The van der Waals surface area contributed by atoms with Gasteiger partial charge in [-0.3, -0.25) is 14.9 Å². The molecule has 1 unspecified atom stereocenters. The van der Waals surface area contributed by atoms with Crippen molar-refractivity contribution in [3.8, 4) is 0 Å². The van der Waals surface area contributed by atoms with Crippen LogP contribution in [0.3, 0.4) is 0 Å². The second-order valence-electron chi connectivity index (χ2n) is 6.04. The fourth-order valence-electron chi connectivity index (χ4n) is 2.79. The van der Waals surface area contributed by atoms with Crippen LogP contribution in [0.2, 0.25) is 0 Å². The summed E-state index contributed by atoms with van der Waals surface area (Å²) in [6.45, 7) is 0. The van der Waals surface area contributed by atoms with Crippen molar-refractivity contribution < 1.29 is 14.1 Å². The number of imidazole rings is 1. The van der Waals surface area contributed by atoms with E-state index >= 15 is 0 Å². The lowest BCUT2D eigenvalue weighted by Crippen LogP contribution is -2.29. The van der Waals surface area contributed by atoms with E-state index < -0.39 is 22.7 Å². The van der Waals surface area contributed by atoms with E-state index in [0.717, 1.165) is 0 Å². The molecular weight excluding hydrogens is 363 g/mol. The Bertz CT molecular complexity index is 1050. The Morgan fingerprint density at radius 2 is 2.07 bits per heavy atom. The summed E-state index contributed by atoms with van der Waals surface area (Å²) in [5, 5.41) is 13.9. The molecule has 7 nitrogen and oxygen atoms in total. The van der Waals surface area contributed by atoms with Crippen molar-refractivity contribution in [2.75, 3.05) is 0 Å². The minimum Gasteiger partial charge on any atom is -0.339 e. The Morgan fingerprint density at radius 1 is 1.29 bits per heavy atom. The minimum atomic E-state index is -0.682. The molecule has 0 aliphatic carbocycles. The average molecular weight is 380 g/mol. The fourth-order valence-corrected chi connectivity index (χ4v) is 2.79. The number of amides is 1. The van der Waals surface area contributed by atoms with E-state index in [0.29, 0.717) is 17.0 Å². The molecule has 3 rings (SSSR count). The van der Waals surface area contributed by atoms with E-state index in [4.69, 9.17) is 0 Å². The highest BCUT2D eigenvalue weighted by molar-refractivity contribution is 5.92. The molecule has 0 spiro atoms. The SMILES string of the molecule is Cn1ccnc1C(NC(=O)/C=C/c1ccccc1[N+](=O)[O-])c1cccc(F)c1. The molecule has 0 aliphatic rings. The van der Waals surface area contributed by atoms with Gasteiger partial charge in [-0.1, -0.05) is 24.3 Å². The first kappa shape index (κ1) is 19.0. The van der Waals surface area contributed by atoms with E-state index in [2.05, 4.69) is 10.3 Å². The highest BCUT2D eigenvalue weighted by atomic mass is 19.1. The van der Waals surface area contributed by atoms with Crippen LogP contribution in [0.25, 0.3) is 6.08 Å². The molecule has 28 heavy (non-hydrogen) atoms. The largest absolute Gasteiger partial charge is 0.339 e. The predicted octanol–water partition coefficient (Wildman–Crippen LogP) is 3.39. The van der Waals surface area contributed by atoms with E-state index in [-0.39, 0.29) is 5.69 Å². The monoisotopic (exact) mass is 380 g/mol. The third kappa shape index (κ3) is 4.29. The van der Waals surface area contributed by atoms with Crippen LogP contribution in [-0.2, 0) is 11.8 Å². The van der Waals surface area contributed by atoms with Crippen LogP contribution in [0.5, 0.6) is 0 Å². The standard InChI is InChI=1S/C20H17FN4O3/c1-24-12-11-22-20(24)19(15-6-4-7-16(21)13-15)23-18(26)10-9-14-5-2-3-8-17(14)25(27)28/h2-13,19H,1H3,(H,23,26)/b10-9+. The number of hydrogen-bond donors (Lipinski definition) is 1. The number of nitrogens with one attached hydrogen (secondary N) is 1. The van der Waals surface area contributed by atoms with Crippen LogP contribution in [0, 0.1) is 15.9 Å². The maximum absolute atomic E-state index is 13.7. The molecule has 1 heterocycles. The first-order valence-electron chi connectivity index (χ1n) is 8.40. The summed E-state index contributed by atoms with van der Waals surface area (Å²) in [6, 6.07) is 11.3. The summed E-state index contributed by atoms with van der Waals surface area (Å²) in [7, 11) is 1.77. The molecule has 1 aromatic heterocycles. The highest BCUT2D eigenvalue weighted by Gasteiger charge is 2.20. The Hall–Kier alpha value is -3.81. The van der Waals surface area contributed by atoms with Gasteiger partial charge in [0.15, 0.2) is 0 Å². The number of rotatable bonds is 6. The lowest BCUT2D eigenvalue weighted by molar-refractivity contribution is -0.385. The number of carbonyl (C=O) groups excluding carboxylic acids is 1. The molecule has 0 aliphatic heterocycles. The minimum absolute atomic E-state index is 0.0997. The topological polar surface area (TPSA) is 90.1 Å². The van der Waals surface area contributed by atoms with Gasteiger partial charge in [0.05, 0.1) is 10.5 Å². The quantitative estimate of drug-likeness (QED) is 0.403. The first-order valence-corrected chi connectivity index (χ1v) is 8.40. The van der Waals surface area contributed by atoms with Gasteiger partial charge in [0.1, 0.15) is 17.7 Å². The predicted molar refractivity (Wildman–Crippen MR) is 102 cm³/mol. The Kier molecular flexibility index (Phi) is 5.59. The third-order valence-corrected chi connectivity index (χ3v) is 4.13. The normalized spacial score (nSPS) is 12.1. The maximum atomic E-state index is 13.7. The van der Waals surface area contributed by atoms with Crippen LogP contribution in [0.1, 0.15) is 23.0 Å². The second kappa shape index (κ2) is 8.26. The number of nitro groups is 1.